The van der Waals surface area contributed by atoms with Crippen LogP contribution in [0.4, 0.5) is 0 Å². The molecule has 3 aliphatic rings. The number of nitrogens with one attached hydrogen (secondary N) is 1. The van der Waals surface area contributed by atoms with E-state index in [9.17, 15) is 14.4 Å². The molecule has 3 rings (SSSR count). The summed E-state index contributed by atoms with van der Waals surface area (Å²) in [5, 5.41) is 2.81. The molecule has 0 spiro atoms. The summed E-state index contributed by atoms with van der Waals surface area (Å²) in [6, 6.07) is 0. The quantitative estimate of drug-likeness (QED) is 0.816. The fraction of sp³-hybridized carbons (Fsp3) is 0.474. The highest BCUT2D eigenvalue weighted by molar-refractivity contribution is 6.11. The fourth-order valence-electron chi connectivity index (χ4n) is 3.50. The number of carbonyl (C=O) groups is 3. The first-order valence-corrected chi connectivity index (χ1v) is 8.76. The van der Waals surface area contributed by atoms with Crippen LogP contribution in [0.1, 0.15) is 19.8 Å². The molecule has 26 heavy (non-hydrogen) atoms. The molecule has 0 radical (unpaired) electrons. The largest absolute Gasteiger partial charge is 0.380 e. The minimum Gasteiger partial charge on any atom is -0.380 e. The van der Waals surface area contributed by atoms with Crippen molar-refractivity contribution in [3.8, 4) is 0 Å². The van der Waals surface area contributed by atoms with Crippen molar-refractivity contribution in [3.63, 3.8) is 0 Å². The summed E-state index contributed by atoms with van der Waals surface area (Å²) in [6.45, 7) is 3.11. The summed E-state index contributed by atoms with van der Waals surface area (Å²) in [5.74, 6) is -0.538. The summed E-state index contributed by atoms with van der Waals surface area (Å²) >= 11 is 0. The lowest BCUT2D eigenvalue weighted by atomic mass is 9.88. The minimum atomic E-state index is -0.197. The van der Waals surface area contributed by atoms with E-state index in [-0.39, 0.29) is 29.6 Å². The van der Waals surface area contributed by atoms with Crippen LogP contribution < -0.4 is 5.32 Å². The number of rotatable bonds is 3. The number of hydrogen-bond acceptors (Lipinski definition) is 4. The number of hydrogen-bond donors (Lipinski definition) is 1. The third kappa shape index (κ3) is 3.99. The van der Waals surface area contributed by atoms with E-state index in [0.717, 1.165) is 5.57 Å². The maximum Gasteiger partial charge on any atom is 0.249 e. The summed E-state index contributed by atoms with van der Waals surface area (Å²) in [5.41, 5.74) is 2.12. The van der Waals surface area contributed by atoms with E-state index in [1.165, 1.54) is 0 Å². The molecular formula is C19H23N3O4. The Bertz CT molecular complexity index is 740. The van der Waals surface area contributed by atoms with Gasteiger partial charge in [-0.2, -0.15) is 0 Å². The van der Waals surface area contributed by atoms with Crippen molar-refractivity contribution in [1.29, 1.82) is 0 Å². The van der Waals surface area contributed by atoms with E-state index >= 15 is 0 Å². The van der Waals surface area contributed by atoms with Gasteiger partial charge in [-0.3, -0.25) is 14.4 Å². The number of fused-ring (bicyclic) bond motifs is 1. The van der Waals surface area contributed by atoms with Crippen LogP contribution in [0.15, 0.2) is 40.6 Å². The van der Waals surface area contributed by atoms with Crippen molar-refractivity contribution in [2.24, 2.45) is 16.8 Å². The Morgan fingerprint density at radius 1 is 1.31 bits per heavy atom. The van der Waals surface area contributed by atoms with Crippen LogP contribution in [-0.2, 0) is 19.1 Å². The lowest BCUT2D eigenvalue weighted by Gasteiger charge is -2.30. The maximum atomic E-state index is 12.5. The minimum absolute atomic E-state index is 0.0427. The molecule has 1 unspecified atom stereocenters. The number of likely N-dealkylation sites (tertiary alicyclic amines) is 1. The molecule has 2 aliphatic heterocycles. The average Bonchev–Trinajstić information content (AvgIpc) is 2.61. The Balaban J connectivity index is 1.69. The third-order valence-electron chi connectivity index (χ3n) is 4.92. The average molecular weight is 357 g/mol. The zero-order valence-corrected chi connectivity index (χ0v) is 15.0. The van der Waals surface area contributed by atoms with Crippen molar-refractivity contribution in [3.05, 3.63) is 35.6 Å². The van der Waals surface area contributed by atoms with Crippen LogP contribution >= 0.6 is 0 Å². The molecule has 1 atom stereocenters. The van der Waals surface area contributed by atoms with Crippen LogP contribution in [0.2, 0.25) is 0 Å². The third-order valence-corrected chi connectivity index (χ3v) is 4.92. The molecule has 0 saturated carbocycles. The normalized spacial score (nSPS) is 24.7. The van der Waals surface area contributed by atoms with Crippen LogP contribution in [0, 0.1) is 11.8 Å². The fourth-order valence-corrected chi connectivity index (χ4v) is 3.50. The Kier molecular flexibility index (Phi) is 5.46. The van der Waals surface area contributed by atoms with Gasteiger partial charge >= 0.3 is 0 Å². The highest BCUT2D eigenvalue weighted by atomic mass is 16.5. The second-order valence-corrected chi connectivity index (χ2v) is 6.73. The molecule has 2 heterocycles. The number of allylic oxidation sites excluding steroid dienone is 3. The highest BCUT2D eigenvalue weighted by Crippen LogP contribution is 2.27. The van der Waals surface area contributed by atoms with Gasteiger partial charge in [-0.15, -0.1) is 0 Å². The number of nitrogens with zero attached hydrogens (tertiary/aromatic N) is 2. The molecule has 138 valence electrons. The molecule has 1 fully saturated rings. The Labute approximate surface area is 152 Å². The van der Waals surface area contributed by atoms with Crippen molar-refractivity contribution >= 4 is 23.4 Å². The molecule has 0 aromatic carbocycles. The van der Waals surface area contributed by atoms with Crippen LogP contribution in [0.5, 0.6) is 0 Å². The van der Waals surface area contributed by atoms with Gasteiger partial charge in [0.2, 0.25) is 17.7 Å². The van der Waals surface area contributed by atoms with E-state index in [4.69, 9.17) is 4.74 Å². The Morgan fingerprint density at radius 3 is 2.69 bits per heavy atom. The molecule has 3 amide bonds. The summed E-state index contributed by atoms with van der Waals surface area (Å²) in [7, 11) is 1.59. The van der Waals surface area contributed by atoms with Gasteiger partial charge in [-0.25, -0.2) is 4.99 Å². The van der Waals surface area contributed by atoms with Gasteiger partial charge in [-0.05, 0) is 30.6 Å². The molecule has 0 aromatic heterocycles. The molecular weight excluding hydrogens is 334 g/mol. The van der Waals surface area contributed by atoms with Gasteiger partial charge in [0.05, 0.1) is 12.3 Å². The highest BCUT2D eigenvalue weighted by Gasteiger charge is 2.28. The number of ether oxygens (including phenoxy) is 1. The smallest absolute Gasteiger partial charge is 0.249 e. The van der Waals surface area contributed by atoms with Crippen molar-refractivity contribution < 1.29 is 19.1 Å². The first-order valence-electron chi connectivity index (χ1n) is 8.76. The first-order chi connectivity index (χ1) is 12.5. The van der Waals surface area contributed by atoms with E-state index < -0.39 is 0 Å². The molecule has 1 N–H and O–H groups in total. The molecule has 0 aromatic rings. The SMILES string of the molecule is COCC1=CC(=O)NC2=CC(=NC(=O)C3CCN(C(C)=O)CC3)C=CC12. The van der Waals surface area contributed by atoms with Crippen LogP contribution in [-0.4, -0.2) is 55.1 Å². The molecule has 7 nitrogen and oxygen atoms in total. The maximum absolute atomic E-state index is 12.5. The van der Waals surface area contributed by atoms with E-state index in [1.807, 2.05) is 6.08 Å². The van der Waals surface area contributed by atoms with E-state index in [2.05, 4.69) is 10.3 Å². The van der Waals surface area contributed by atoms with Crippen LogP contribution in [0.3, 0.4) is 0 Å². The lowest BCUT2D eigenvalue weighted by molar-refractivity contribution is -0.132. The van der Waals surface area contributed by atoms with E-state index in [0.29, 0.717) is 43.9 Å². The molecule has 1 aliphatic carbocycles. The predicted octanol–water partition coefficient (Wildman–Crippen LogP) is 0.985. The summed E-state index contributed by atoms with van der Waals surface area (Å²) < 4.78 is 5.15. The van der Waals surface area contributed by atoms with Crippen molar-refractivity contribution in [2.75, 3.05) is 26.8 Å². The van der Waals surface area contributed by atoms with E-state index in [1.54, 1.807) is 37.2 Å². The van der Waals surface area contributed by atoms with Gasteiger partial charge in [0.1, 0.15) is 0 Å². The number of carbonyl (C=O) groups excluding carboxylic acids is 3. The molecule has 1 saturated heterocycles. The van der Waals surface area contributed by atoms with Gasteiger partial charge < -0.3 is 15.0 Å². The topological polar surface area (TPSA) is 88.1 Å². The second-order valence-electron chi connectivity index (χ2n) is 6.73. The number of aliphatic imine (C=N–C) groups is 1. The first kappa shape index (κ1) is 18.3. The zero-order chi connectivity index (χ0) is 18.7. The summed E-state index contributed by atoms with van der Waals surface area (Å²) in [4.78, 5) is 41.6. The summed E-state index contributed by atoms with van der Waals surface area (Å²) in [6.07, 6.45) is 8.28. The van der Waals surface area contributed by atoms with Gasteiger partial charge in [0.25, 0.3) is 0 Å². The Hall–Kier alpha value is -2.54. The van der Waals surface area contributed by atoms with Crippen molar-refractivity contribution in [2.45, 2.75) is 19.8 Å². The van der Waals surface area contributed by atoms with Gasteiger partial charge in [0, 0.05) is 50.7 Å². The standard InChI is InChI=1S/C19H23N3O4/c1-12(23)22-7-5-13(6-8-22)19(25)20-15-3-4-16-14(11-26-2)9-18(24)21-17(16)10-15/h3-4,9-10,13,16H,5-8,11H2,1-2H3,(H,21,24). The number of methoxy groups -OCH3 is 1. The lowest BCUT2D eigenvalue weighted by Crippen LogP contribution is -2.39. The predicted molar refractivity (Wildman–Crippen MR) is 96.2 cm³/mol. The number of amides is 3. The monoisotopic (exact) mass is 357 g/mol. The molecule has 7 heteroatoms. The van der Waals surface area contributed by atoms with Crippen molar-refractivity contribution in [1.82, 2.24) is 10.2 Å². The Morgan fingerprint density at radius 2 is 2.04 bits per heavy atom. The zero-order valence-electron chi connectivity index (χ0n) is 15.0. The van der Waals surface area contributed by atoms with Crippen LogP contribution in [0.25, 0.3) is 0 Å². The van der Waals surface area contributed by atoms with Gasteiger partial charge in [0.15, 0.2) is 0 Å². The second kappa shape index (κ2) is 7.78. The number of piperidine rings is 1. The van der Waals surface area contributed by atoms with Gasteiger partial charge in [-0.1, -0.05) is 6.08 Å². The molecule has 0 bridgehead atoms.